The molecule has 0 aliphatic carbocycles. The van der Waals surface area contributed by atoms with E-state index in [1.165, 1.54) is 13.3 Å². The molecule has 7 nitrogen and oxygen atoms in total. The molecule has 0 heterocycles. The van der Waals surface area contributed by atoms with Crippen LogP contribution in [-0.2, 0) is 9.59 Å². The minimum absolute atomic E-state index is 0.391. The highest BCUT2D eigenvalue weighted by Gasteiger charge is 2.13. The van der Waals surface area contributed by atoms with Crippen LogP contribution in [0.2, 0.25) is 0 Å². The Hall–Kier alpha value is -3.61. The van der Waals surface area contributed by atoms with Gasteiger partial charge in [-0.25, -0.2) is 5.43 Å². The number of nitrogens with zero attached hydrogens (tertiary/aromatic N) is 1. The van der Waals surface area contributed by atoms with Crippen molar-refractivity contribution in [3.8, 4) is 11.5 Å². The van der Waals surface area contributed by atoms with Gasteiger partial charge in [0.1, 0.15) is 18.1 Å². The summed E-state index contributed by atoms with van der Waals surface area (Å²) in [7, 11) is 1.51. The second kappa shape index (κ2) is 9.63. The van der Waals surface area contributed by atoms with Crippen molar-refractivity contribution in [3.63, 3.8) is 0 Å². The third kappa shape index (κ3) is 5.79. The second-order valence-corrected chi connectivity index (χ2v) is 5.06. The zero-order chi connectivity index (χ0) is 18.8. The van der Waals surface area contributed by atoms with E-state index in [9.17, 15) is 9.59 Å². The summed E-state index contributed by atoms with van der Waals surface area (Å²) in [6.07, 6.45) is 3.05. The predicted molar refractivity (Wildman–Crippen MR) is 99.5 cm³/mol. The standard InChI is InChI=1S/C19H19N3O4/c1-3-10-26-17-9-4-6-14(11-17)13-20-22-19(24)18(23)21-15-7-5-8-16(12-15)25-2/h3-9,11-13H,1,10H2,2H3,(H,21,23)(H,22,24)/b20-13+. The van der Waals surface area contributed by atoms with Crippen LogP contribution in [0.1, 0.15) is 5.56 Å². The summed E-state index contributed by atoms with van der Waals surface area (Å²) >= 11 is 0. The summed E-state index contributed by atoms with van der Waals surface area (Å²) in [6.45, 7) is 3.97. The van der Waals surface area contributed by atoms with E-state index in [1.54, 1.807) is 54.6 Å². The number of hydrogen-bond donors (Lipinski definition) is 2. The number of methoxy groups -OCH3 is 1. The Bertz CT molecular complexity index is 818. The average Bonchev–Trinajstić information content (AvgIpc) is 2.66. The first kappa shape index (κ1) is 18.7. The molecule has 2 N–H and O–H groups in total. The molecule has 0 spiro atoms. The van der Waals surface area contributed by atoms with E-state index in [-0.39, 0.29) is 0 Å². The molecule has 0 radical (unpaired) electrons. The second-order valence-electron chi connectivity index (χ2n) is 5.06. The van der Waals surface area contributed by atoms with Gasteiger partial charge in [0.2, 0.25) is 0 Å². The molecule has 0 fully saturated rings. The number of ether oxygens (including phenoxy) is 2. The van der Waals surface area contributed by atoms with E-state index in [1.807, 2.05) is 0 Å². The summed E-state index contributed by atoms with van der Waals surface area (Å²) in [6, 6.07) is 13.8. The maximum absolute atomic E-state index is 11.9. The predicted octanol–water partition coefficient (Wildman–Crippen LogP) is 2.35. The molecule has 2 rings (SSSR count). The van der Waals surface area contributed by atoms with Crippen molar-refractivity contribution in [1.29, 1.82) is 0 Å². The highest BCUT2D eigenvalue weighted by Crippen LogP contribution is 2.16. The first-order valence-electron chi connectivity index (χ1n) is 7.74. The van der Waals surface area contributed by atoms with E-state index in [0.29, 0.717) is 29.4 Å². The number of rotatable bonds is 7. The number of carbonyl (C=O) groups is 2. The molecule has 0 unspecified atom stereocenters. The molecule has 0 saturated heterocycles. The van der Waals surface area contributed by atoms with Gasteiger partial charge in [0.05, 0.1) is 13.3 Å². The Kier molecular flexibility index (Phi) is 6.93. The fourth-order valence-corrected chi connectivity index (χ4v) is 1.94. The smallest absolute Gasteiger partial charge is 0.329 e. The van der Waals surface area contributed by atoms with Crippen molar-refractivity contribution in [2.24, 2.45) is 5.10 Å². The molecule has 0 aliphatic rings. The van der Waals surface area contributed by atoms with Gasteiger partial charge in [0.15, 0.2) is 0 Å². The molecule has 2 aromatic carbocycles. The first-order valence-corrected chi connectivity index (χ1v) is 7.74. The number of anilines is 1. The summed E-state index contributed by atoms with van der Waals surface area (Å²) in [5.41, 5.74) is 3.33. The number of hydrogen-bond acceptors (Lipinski definition) is 5. The monoisotopic (exact) mass is 353 g/mol. The van der Waals surface area contributed by atoms with E-state index in [4.69, 9.17) is 9.47 Å². The zero-order valence-electron chi connectivity index (χ0n) is 14.3. The molecule has 0 aliphatic heterocycles. The fourth-order valence-electron chi connectivity index (χ4n) is 1.94. The molecular weight excluding hydrogens is 334 g/mol. The van der Waals surface area contributed by atoms with Crippen LogP contribution in [-0.4, -0.2) is 31.7 Å². The van der Waals surface area contributed by atoms with Crippen LogP contribution in [0.4, 0.5) is 5.69 Å². The van der Waals surface area contributed by atoms with Gasteiger partial charge >= 0.3 is 11.8 Å². The van der Waals surface area contributed by atoms with Crippen LogP contribution in [0, 0.1) is 0 Å². The Labute approximate surface area is 151 Å². The molecule has 0 bridgehead atoms. The maximum Gasteiger partial charge on any atom is 0.329 e. The summed E-state index contributed by atoms with van der Waals surface area (Å²) < 4.78 is 10.5. The third-order valence-electron chi connectivity index (χ3n) is 3.14. The van der Waals surface area contributed by atoms with Gasteiger partial charge in [0, 0.05) is 11.8 Å². The molecule has 7 heteroatoms. The Balaban J connectivity index is 1.89. The summed E-state index contributed by atoms with van der Waals surface area (Å²) in [4.78, 5) is 23.7. The minimum atomic E-state index is -0.886. The van der Waals surface area contributed by atoms with E-state index < -0.39 is 11.8 Å². The van der Waals surface area contributed by atoms with Crippen LogP contribution < -0.4 is 20.2 Å². The van der Waals surface area contributed by atoms with Gasteiger partial charge in [-0.1, -0.05) is 30.9 Å². The highest BCUT2D eigenvalue weighted by molar-refractivity contribution is 6.39. The lowest BCUT2D eigenvalue weighted by molar-refractivity contribution is -0.136. The van der Waals surface area contributed by atoms with Gasteiger partial charge in [-0.3, -0.25) is 9.59 Å². The SMILES string of the molecule is C=CCOc1cccc(/C=N/NC(=O)C(=O)Nc2cccc(OC)c2)c1. The lowest BCUT2D eigenvalue weighted by Crippen LogP contribution is -2.32. The van der Waals surface area contributed by atoms with Gasteiger partial charge in [-0.05, 0) is 29.8 Å². The largest absolute Gasteiger partial charge is 0.497 e. The molecule has 0 atom stereocenters. The van der Waals surface area contributed by atoms with Crippen LogP contribution in [0.15, 0.2) is 66.3 Å². The molecule has 0 aromatic heterocycles. The summed E-state index contributed by atoms with van der Waals surface area (Å²) in [5, 5.41) is 6.24. The number of hydrazone groups is 1. The van der Waals surface area contributed by atoms with Crippen LogP contribution >= 0.6 is 0 Å². The van der Waals surface area contributed by atoms with Crippen molar-refractivity contribution in [1.82, 2.24) is 5.43 Å². The van der Waals surface area contributed by atoms with Crippen LogP contribution in [0.25, 0.3) is 0 Å². The number of carbonyl (C=O) groups excluding carboxylic acids is 2. The fraction of sp³-hybridized carbons (Fsp3) is 0.105. The highest BCUT2D eigenvalue weighted by atomic mass is 16.5. The topological polar surface area (TPSA) is 89.0 Å². The molecule has 2 aromatic rings. The van der Waals surface area contributed by atoms with Crippen molar-refractivity contribution >= 4 is 23.7 Å². The average molecular weight is 353 g/mol. The quantitative estimate of drug-likeness (QED) is 0.346. The van der Waals surface area contributed by atoms with E-state index in [2.05, 4.69) is 22.4 Å². The van der Waals surface area contributed by atoms with Crippen molar-refractivity contribution in [2.45, 2.75) is 0 Å². The van der Waals surface area contributed by atoms with E-state index in [0.717, 1.165) is 0 Å². The van der Waals surface area contributed by atoms with Gasteiger partial charge in [-0.2, -0.15) is 5.10 Å². The number of benzene rings is 2. The van der Waals surface area contributed by atoms with Crippen molar-refractivity contribution in [3.05, 3.63) is 66.7 Å². The number of amides is 2. The van der Waals surface area contributed by atoms with Crippen molar-refractivity contribution < 1.29 is 19.1 Å². The first-order chi connectivity index (χ1) is 12.6. The van der Waals surface area contributed by atoms with Crippen molar-refractivity contribution in [2.75, 3.05) is 19.0 Å². The lowest BCUT2D eigenvalue weighted by atomic mass is 10.2. The molecule has 134 valence electrons. The van der Waals surface area contributed by atoms with Crippen LogP contribution in [0.3, 0.4) is 0 Å². The van der Waals surface area contributed by atoms with Gasteiger partial charge in [-0.15, -0.1) is 0 Å². The minimum Gasteiger partial charge on any atom is -0.497 e. The normalized spacial score (nSPS) is 10.2. The van der Waals surface area contributed by atoms with Gasteiger partial charge < -0.3 is 14.8 Å². The summed E-state index contributed by atoms with van der Waals surface area (Å²) in [5.74, 6) is -0.502. The van der Waals surface area contributed by atoms with E-state index >= 15 is 0 Å². The third-order valence-corrected chi connectivity index (χ3v) is 3.14. The van der Waals surface area contributed by atoms with Crippen LogP contribution in [0.5, 0.6) is 11.5 Å². The van der Waals surface area contributed by atoms with Gasteiger partial charge in [0.25, 0.3) is 0 Å². The Morgan fingerprint density at radius 1 is 1.12 bits per heavy atom. The zero-order valence-corrected chi connectivity index (χ0v) is 14.3. The molecular formula is C19H19N3O4. The Morgan fingerprint density at radius 3 is 2.65 bits per heavy atom. The molecule has 26 heavy (non-hydrogen) atoms. The molecule has 0 saturated carbocycles. The Morgan fingerprint density at radius 2 is 1.88 bits per heavy atom. The molecule has 2 amide bonds. The number of nitrogens with one attached hydrogen (secondary N) is 2. The maximum atomic E-state index is 11.9. The lowest BCUT2D eigenvalue weighted by Gasteiger charge is -2.06.